The highest BCUT2D eigenvalue weighted by Crippen LogP contribution is 2.22. The van der Waals surface area contributed by atoms with Gasteiger partial charge in [0, 0.05) is 19.3 Å². The van der Waals surface area contributed by atoms with Crippen molar-refractivity contribution < 1.29 is 5.11 Å². The second-order valence-corrected chi connectivity index (χ2v) is 4.67. The SMILES string of the molecule is CN(CC1(O)CCNCC1)c1ccccc1. The van der Waals surface area contributed by atoms with Crippen LogP contribution in [0.3, 0.4) is 0 Å². The third-order valence-electron chi connectivity index (χ3n) is 3.26. The van der Waals surface area contributed by atoms with Crippen LogP contribution in [0.15, 0.2) is 30.3 Å². The predicted octanol–water partition coefficient (Wildman–Crippen LogP) is 1.24. The summed E-state index contributed by atoms with van der Waals surface area (Å²) >= 11 is 0. The van der Waals surface area contributed by atoms with Gasteiger partial charge in [0.25, 0.3) is 0 Å². The number of anilines is 1. The van der Waals surface area contributed by atoms with Gasteiger partial charge in [-0.15, -0.1) is 0 Å². The zero-order valence-corrected chi connectivity index (χ0v) is 9.82. The molecule has 2 N–H and O–H groups in total. The molecule has 1 aliphatic heterocycles. The molecule has 1 saturated heterocycles. The first-order valence-corrected chi connectivity index (χ1v) is 5.89. The van der Waals surface area contributed by atoms with E-state index in [1.165, 1.54) is 0 Å². The second kappa shape index (κ2) is 4.85. The highest BCUT2D eigenvalue weighted by molar-refractivity contribution is 5.45. The molecule has 0 atom stereocenters. The van der Waals surface area contributed by atoms with Crippen molar-refractivity contribution in [1.29, 1.82) is 0 Å². The van der Waals surface area contributed by atoms with Gasteiger partial charge in [0.15, 0.2) is 0 Å². The van der Waals surface area contributed by atoms with Gasteiger partial charge in [0.2, 0.25) is 0 Å². The highest BCUT2D eigenvalue weighted by atomic mass is 16.3. The van der Waals surface area contributed by atoms with Crippen molar-refractivity contribution in [2.75, 3.05) is 31.6 Å². The Balaban J connectivity index is 1.98. The van der Waals surface area contributed by atoms with Gasteiger partial charge >= 0.3 is 0 Å². The van der Waals surface area contributed by atoms with Gasteiger partial charge in [-0.1, -0.05) is 18.2 Å². The minimum absolute atomic E-state index is 0.532. The summed E-state index contributed by atoms with van der Waals surface area (Å²) in [5.74, 6) is 0. The molecule has 1 aromatic carbocycles. The van der Waals surface area contributed by atoms with Crippen LogP contribution in [0, 0.1) is 0 Å². The summed E-state index contributed by atoms with van der Waals surface area (Å²) in [6, 6.07) is 10.2. The summed E-state index contributed by atoms with van der Waals surface area (Å²) in [6.45, 7) is 2.54. The number of likely N-dealkylation sites (N-methyl/N-ethyl adjacent to an activating group) is 1. The lowest BCUT2D eigenvalue weighted by atomic mass is 9.92. The molecule has 1 fully saturated rings. The maximum atomic E-state index is 10.4. The Morgan fingerprint density at radius 2 is 1.88 bits per heavy atom. The summed E-state index contributed by atoms with van der Waals surface area (Å²) < 4.78 is 0. The number of aliphatic hydroxyl groups is 1. The molecule has 3 heteroatoms. The minimum atomic E-state index is -0.532. The zero-order chi connectivity index (χ0) is 11.4. The van der Waals surface area contributed by atoms with Crippen molar-refractivity contribution >= 4 is 5.69 Å². The van der Waals surface area contributed by atoms with Crippen LogP contribution in [0.4, 0.5) is 5.69 Å². The first-order valence-electron chi connectivity index (χ1n) is 5.89. The summed E-state index contributed by atoms with van der Waals surface area (Å²) in [5, 5.41) is 13.7. The number of piperidine rings is 1. The summed E-state index contributed by atoms with van der Waals surface area (Å²) in [6.07, 6.45) is 1.67. The van der Waals surface area contributed by atoms with Gasteiger partial charge in [-0.3, -0.25) is 0 Å². The van der Waals surface area contributed by atoms with E-state index in [2.05, 4.69) is 22.3 Å². The van der Waals surface area contributed by atoms with Crippen LogP contribution in [-0.2, 0) is 0 Å². The van der Waals surface area contributed by atoms with Crippen LogP contribution in [-0.4, -0.2) is 37.4 Å². The van der Waals surface area contributed by atoms with E-state index in [1.54, 1.807) is 0 Å². The first-order chi connectivity index (χ1) is 7.70. The van der Waals surface area contributed by atoms with Gasteiger partial charge in [0.05, 0.1) is 5.60 Å². The lowest BCUT2D eigenvalue weighted by molar-refractivity contribution is 0.0183. The van der Waals surface area contributed by atoms with Crippen molar-refractivity contribution in [2.45, 2.75) is 18.4 Å². The maximum Gasteiger partial charge on any atom is 0.0845 e. The molecule has 0 unspecified atom stereocenters. The van der Waals surface area contributed by atoms with Crippen LogP contribution >= 0.6 is 0 Å². The molecule has 0 amide bonds. The fourth-order valence-corrected chi connectivity index (χ4v) is 2.27. The molecule has 1 aliphatic rings. The van der Waals surface area contributed by atoms with Gasteiger partial charge < -0.3 is 15.3 Å². The van der Waals surface area contributed by atoms with Gasteiger partial charge in [0.1, 0.15) is 0 Å². The largest absolute Gasteiger partial charge is 0.388 e. The average molecular weight is 220 g/mol. The molecule has 0 aromatic heterocycles. The molecule has 0 saturated carbocycles. The highest BCUT2D eigenvalue weighted by Gasteiger charge is 2.30. The molecule has 2 rings (SSSR count). The molecule has 88 valence electrons. The van der Waals surface area contributed by atoms with Crippen molar-refractivity contribution in [3.63, 3.8) is 0 Å². The van der Waals surface area contributed by atoms with E-state index >= 15 is 0 Å². The Labute approximate surface area is 97.1 Å². The number of para-hydroxylation sites is 1. The number of nitrogens with zero attached hydrogens (tertiary/aromatic N) is 1. The molecular weight excluding hydrogens is 200 g/mol. The third-order valence-corrected chi connectivity index (χ3v) is 3.26. The molecular formula is C13H20N2O. The van der Waals surface area contributed by atoms with E-state index in [0.29, 0.717) is 6.54 Å². The molecule has 0 spiro atoms. The number of rotatable bonds is 3. The van der Waals surface area contributed by atoms with Crippen LogP contribution < -0.4 is 10.2 Å². The molecule has 0 bridgehead atoms. The van der Waals surface area contributed by atoms with Crippen LogP contribution in [0.1, 0.15) is 12.8 Å². The number of nitrogens with one attached hydrogen (secondary N) is 1. The zero-order valence-electron chi connectivity index (χ0n) is 9.82. The number of hydrogen-bond acceptors (Lipinski definition) is 3. The average Bonchev–Trinajstić information content (AvgIpc) is 2.30. The Bertz CT molecular complexity index is 320. The Morgan fingerprint density at radius 3 is 2.50 bits per heavy atom. The third kappa shape index (κ3) is 2.74. The minimum Gasteiger partial charge on any atom is -0.388 e. The van der Waals surface area contributed by atoms with Gasteiger partial charge in [-0.2, -0.15) is 0 Å². The van der Waals surface area contributed by atoms with E-state index in [1.807, 2.05) is 25.2 Å². The van der Waals surface area contributed by atoms with Crippen molar-refractivity contribution in [3.8, 4) is 0 Å². The van der Waals surface area contributed by atoms with Gasteiger partial charge in [-0.25, -0.2) is 0 Å². The molecule has 3 nitrogen and oxygen atoms in total. The van der Waals surface area contributed by atoms with E-state index in [0.717, 1.165) is 31.6 Å². The van der Waals surface area contributed by atoms with Crippen LogP contribution in [0.2, 0.25) is 0 Å². The topological polar surface area (TPSA) is 35.5 Å². The Kier molecular flexibility index (Phi) is 3.46. The fraction of sp³-hybridized carbons (Fsp3) is 0.538. The Morgan fingerprint density at radius 1 is 1.25 bits per heavy atom. The normalized spacial score (nSPS) is 19.4. The summed E-state index contributed by atoms with van der Waals surface area (Å²) in [4.78, 5) is 2.13. The van der Waals surface area contributed by atoms with E-state index in [9.17, 15) is 5.11 Å². The Hall–Kier alpha value is -1.06. The fourth-order valence-electron chi connectivity index (χ4n) is 2.27. The quantitative estimate of drug-likeness (QED) is 0.804. The van der Waals surface area contributed by atoms with Crippen molar-refractivity contribution in [1.82, 2.24) is 5.32 Å². The number of benzene rings is 1. The van der Waals surface area contributed by atoms with Crippen molar-refractivity contribution in [3.05, 3.63) is 30.3 Å². The summed E-state index contributed by atoms with van der Waals surface area (Å²) in [7, 11) is 2.04. The molecule has 0 radical (unpaired) electrons. The summed E-state index contributed by atoms with van der Waals surface area (Å²) in [5.41, 5.74) is 0.630. The van der Waals surface area contributed by atoms with Crippen LogP contribution in [0.5, 0.6) is 0 Å². The van der Waals surface area contributed by atoms with E-state index < -0.39 is 5.60 Å². The second-order valence-electron chi connectivity index (χ2n) is 4.67. The van der Waals surface area contributed by atoms with Gasteiger partial charge in [-0.05, 0) is 38.1 Å². The van der Waals surface area contributed by atoms with Crippen molar-refractivity contribution in [2.24, 2.45) is 0 Å². The molecule has 16 heavy (non-hydrogen) atoms. The van der Waals surface area contributed by atoms with E-state index in [4.69, 9.17) is 0 Å². The standard InChI is InChI=1S/C13H20N2O/c1-15(12-5-3-2-4-6-12)11-13(16)7-9-14-10-8-13/h2-6,14,16H,7-11H2,1H3. The van der Waals surface area contributed by atoms with Crippen LogP contribution in [0.25, 0.3) is 0 Å². The smallest absolute Gasteiger partial charge is 0.0845 e. The monoisotopic (exact) mass is 220 g/mol. The first kappa shape index (κ1) is 11.4. The van der Waals surface area contributed by atoms with E-state index in [-0.39, 0.29) is 0 Å². The lowest BCUT2D eigenvalue weighted by Gasteiger charge is -2.36. The molecule has 0 aliphatic carbocycles. The molecule has 1 heterocycles. The number of hydrogen-bond donors (Lipinski definition) is 2. The maximum absolute atomic E-state index is 10.4. The lowest BCUT2D eigenvalue weighted by Crippen LogP contribution is -2.49. The predicted molar refractivity (Wildman–Crippen MR) is 66.8 cm³/mol. The molecule has 1 aromatic rings.